The lowest BCUT2D eigenvalue weighted by Crippen LogP contribution is -2.32. The van der Waals surface area contributed by atoms with Crippen molar-refractivity contribution in [3.63, 3.8) is 0 Å². The van der Waals surface area contributed by atoms with Crippen LogP contribution in [0.1, 0.15) is 31.2 Å². The van der Waals surface area contributed by atoms with E-state index in [1.807, 2.05) is 16.8 Å². The maximum atomic E-state index is 12.8. The van der Waals surface area contributed by atoms with Gasteiger partial charge in [-0.3, -0.25) is 4.79 Å². The monoisotopic (exact) mass is 378 g/mol. The molecule has 1 amide bonds. The number of benzene rings is 1. The van der Waals surface area contributed by atoms with E-state index in [2.05, 4.69) is 5.32 Å². The Morgan fingerprint density at radius 2 is 1.88 bits per heavy atom. The number of rotatable bonds is 5. The number of carbonyl (C=O) groups excluding carboxylic acids is 1. The van der Waals surface area contributed by atoms with Crippen LogP contribution in [0.15, 0.2) is 46.0 Å². The number of nitrogens with one attached hydrogen (secondary N) is 1. The van der Waals surface area contributed by atoms with Crippen LogP contribution in [0.5, 0.6) is 0 Å². The maximum absolute atomic E-state index is 12.8. The zero-order valence-electron chi connectivity index (χ0n) is 14.0. The van der Waals surface area contributed by atoms with Crippen LogP contribution in [0, 0.1) is 0 Å². The molecule has 0 saturated carbocycles. The summed E-state index contributed by atoms with van der Waals surface area (Å²) in [4.78, 5) is 12.4. The van der Waals surface area contributed by atoms with Crippen molar-refractivity contribution in [3.8, 4) is 0 Å². The van der Waals surface area contributed by atoms with E-state index in [9.17, 15) is 13.2 Å². The van der Waals surface area contributed by atoms with Gasteiger partial charge < -0.3 is 5.32 Å². The van der Waals surface area contributed by atoms with Crippen molar-refractivity contribution >= 4 is 33.0 Å². The van der Waals surface area contributed by atoms with Gasteiger partial charge in [0, 0.05) is 18.8 Å². The number of anilines is 1. The molecule has 7 heteroatoms. The highest BCUT2D eigenvalue weighted by Gasteiger charge is 2.25. The van der Waals surface area contributed by atoms with Crippen molar-refractivity contribution in [1.82, 2.24) is 4.31 Å². The average molecular weight is 379 g/mol. The highest BCUT2D eigenvalue weighted by molar-refractivity contribution is 7.89. The van der Waals surface area contributed by atoms with E-state index in [0.29, 0.717) is 18.8 Å². The van der Waals surface area contributed by atoms with Gasteiger partial charge in [-0.2, -0.15) is 15.6 Å². The Balaban J connectivity index is 1.73. The van der Waals surface area contributed by atoms with Crippen LogP contribution in [0.3, 0.4) is 0 Å². The molecule has 1 fully saturated rings. The zero-order chi connectivity index (χ0) is 17.7. The summed E-state index contributed by atoms with van der Waals surface area (Å²) in [6, 6.07) is 8.43. The summed E-state index contributed by atoms with van der Waals surface area (Å²) in [6.45, 7) is 1.13. The molecule has 1 aromatic carbocycles. The number of nitrogens with zero attached hydrogens (tertiary/aromatic N) is 1. The fourth-order valence-corrected chi connectivity index (χ4v) is 5.18. The van der Waals surface area contributed by atoms with Gasteiger partial charge in [-0.25, -0.2) is 8.42 Å². The largest absolute Gasteiger partial charge is 0.326 e. The Morgan fingerprint density at radius 3 is 2.56 bits per heavy atom. The molecule has 0 radical (unpaired) electrons. The molecule has 1 aliphatic rings. The van der Waals surface area contributed by atoms with E-state index in [1.165, 1.54) is 0 Å². The molecule has 0 atom stereocenters. The SMILES string of the molecule is O=C(Cc1ccsc1)Nc1cccc(S(=O)(=O)N2CCCCCC2)c1. The molecule has 0 aliphatic carbocycles. The van der Waals surface area contributed by atoms with Gasteiger partial charge in [-0.1, -0.05) is 18.9 Å². The van der Waals surface area contributed by atoms with Crippen molar-refractivity contribution in [3.05, 3.63) is 46.7 Å². The summed E-state index contributed by atoms with van der Waals surface area (Å²) in [6.07, 6.45) is 4.23. The van der Waals surface area contributed by atoms with E-state index < -0.39 is 10.0 Å². The van der Waals surface area contributed by atoms with Gasteiger partial charge in [0.1, 0.15) is 0 Å². The molecule has 1 aromatic heterocycles. The molecular weight excluding hydrogens is 356 g/mol. The van der Waals surface area contributed by atoms with E-state index >= 15 is 0 Å². The molecule has 134 valence electrons. The molecule has 0 spiro atoms. The standard InChI is InChI=1S/C18H22N2O3S2/c21-18(12-15-8-11-24-14-15)19-16-6-5-7-17(13-16)25(22,23)20-9-3-1-2-4-10-20/h5-8,11,13-14H,1-4,9-10,12H2,(H,19,21). The third-order valence-electron chi connectivity index (χ3n) is 4.27. The van der Waals surface area contributed by atoms with Crippen LogP contribution in [0.2, 0.25) is 0 Å². The summed E-state index contributed by atoms with van der Waals surface area (Å²) in [7, 11) is -3.51. The molecule has 25 heavy (non-hydrogen) atoms. The second kappa shape index (κ2) is 8.12. The highest BCUT2D eigenvalue weighted by Crippen LogP contribution is 2.22. The lowest BCUT2D eigenvalue weighted by atomic mass is 10.2. The van der Waals surface area contributed by atoms with Crippen molar-refractivity contribution in [1.29, 1.82) is 0 Å². The molecule has 0 bridgehead atoms. The Kier molecular flexibility index (Phi) is 5.88. The van der Waals surface area contributed by atoms with Crippen LogP contribution < -0.4 is 5.32 Å². The zero-order valence-corrected chi connectivity index (χ0v) is 15.6. The number of hydrogen-bond acceptors (Lipinski definition) is 4. The van der Waals surface area contributed by atoms with Crippen molar-refractivity contribution in [2.24, 2.45) is 0 Å². The van der Waals surface area contributed by atoms with E-state index in [4.69, 9.17) is 0 Å². The van der Waals surface area contributed by atoms with Crippen molar-refractivity contribution in [2.75, 3.05) is 18.4 Å². The first-order valence-electron chi connectivity index (χ1n) is 8.47. The lowest BCUT2D eigenvalue weighted by Gasteiger charge is -2.20. The first-order valence-corrected chi connectivity index (χ1v) is 10.9. The molecule has 0 unspecified atom stereocenters. The summed E-state index contributed by atoms with van der Waals surface area (Å²) >= 11 is 1.55. The van der Waals surface area contributed by atoms with Crippen LogP contribution in [-0.2, 0) is 21.2 Å². The minimum absolute atomic E-state index is 0.150. The van der Waals surface area contributed by atoms with Gasteiger partial charge in [0.15, 0.2) is 0 Å². The first-order chi connectivity index (χ1) is 12.1. The molecule has 5 nitrogen and oxygen atoms in total. The van der Waals surface area contributed by atoms with Gasteiger partial charge in [-0.15, -0.1) is 0 Å². The third-order valence-corrected chi connectivity index (χ3v) is 6.89. The molecule has 2 heterocycles. The van der Waals surface area contributed by atoms with Gasteiger partial charge in [0.05, 0.1) is 11.3 Å². The van der Waals surface area contributed by atoms with Crippen molar-refractivity contribution < 1.29 is 13.2 Å². The highest BCUT2D eigenvalue weighted by atomic mass is 32.2. The minimum Gasteiger partial charge on any atom is -0.326 e. The van der Waals surface area contributed by atoms with Gasteiger partial charge in [-0.05, 0) is 53.4 Å². The topological polar surface area (TPSA) is 66.5 Å². The fourth-order valence-electron chi connectivity index (χ4n) is 2.95. The molecular formula is C18H22N2O3S2. The first kappa shape index (κ1) is 18.1. The summed E-state index contributed by atoms with van der Waals surface area (Å²) in [5, 5.41) is 6.65. The van der Waals surface area contributed by atoms with Gasteiger partial charge in [0.2, 0.25) is 15.9 Å². The maximum Gasteiger partial charge on any atom is 0.243 e. The Labute approximate surface area is 152 Å². The molecule has 1 N–H and O–H groups in total. The Hall–Kier alpha value is -1.70. The molecule has 1 saturated heterocycles. The van der Waals surface area contributed by atoms with E-state index in [0.717, 1.165) is 31.2 Å². The van der Waals surface area contributed by atoms with Crippen LogP contribution >= 0.6 is 11.3 Å². The average Bonchev–Trinajstić information content (AvgIpc) is 2.93. The minimum atomic E-state index is -3.51. The summed E-state index contributed by atoms with van der Waals surface area (Å²) in [5.74, 6) is -0.150. The summed E-state index contributed by atoms with van der Waals surface area (Å²) in [5.41, 5.74) is 1.46. The number of thiophene rings is 1. The van der Waals surface area contributed by atoms with Gasteiger partial charge >= 0.3 is 0 Å². The van der Waals surface area contributed by atoms with Gasteiger partial charge in [0.25, 0.3) is 0 Å². The predicted molar refractivity (Wildman–Crippen MR) is 100 cm³/mol. The van der Waals surface area contributed by atoms with E-state index in [1.54, 1.807) is 39.9 Å². The Bertz CT molecular complexity index is 809. The fraction of sp³-hybridized carbons (Fsp3) is 0.389. The van der Waals surface area contributed by atoms with Crippen molar-refractivity contribution in [2.45, 2.75) is 37.0 Å². The number of hydrogen-bond donors (Lipinski definition) is 1. The Morgan fingerprint density at radius 1 is 1.12 bits per heavy atom. The number of amides is 1. The third kappa shape index (κ3) is 4.68. The predicted octanol–water partition coefficient (Wildman–Crippen LogP) is 3.49. The second-order valence-electron chi connectivity index (χ2n) is 6.20. The second-order valence-corrected chi connectivity index (χ2v) is 8.92. The van der Waals surface area contributed by atoms with Crippen LogP contribution in [0.4, 0.5) is 5.69 Å². The quantitative estimate of drug-likeness (QED) is 0.866. The molecule has 3 rings (SSSR count). The summed E-state index contributed by atoms with van der Waals surface area (Å²) < 4.78 is 27.3. The normalized spacial score (nSPS) is 16.3. The number of carbonyl (C=O) groups is 1. The van der Waals surface area contributed by atoms with Crippen LogP contribution in [-0.4, -0.2) is 31.7 Å². The number of sulfonamides is 1. The lowest BCUT2D eigenvalue weighted by molar-refractivity contribution is -0.115. The van der Waals surface area contributed by atoms with Crippen LogP contribution in [0.25, 0.3) is 0 Å². The molecule has 1 aliphatic heterocycles. The molecule has 2 aromatic rings. The van der Waals surface area contributed by atoms with E-state index in [-0.39, 0.29) is 17.2 Å². The smallest absolute Gasteiger partial charge is 0.243 e.